The molecular formula is C12H15ClO6. The van der Waals surface area contributed by atoms with Crippen molar-refractivity contribution < 1.29 is 29.9 Å². The summed E-state index contributed by atoms with van der Waals surface area (Å²) < 4.78 is 10.6. The van der Waals surface area contributed by atoms with E-state index in [0.29, 0.717) is 10.8 Å². The molecule has 0 bridgehead atoms. The van der Waals surface area contributed by atoms with Crippen molar-refractivity contribution in [2.24, 2.45) is 0 Å². The fourth-order valence-electron chi connectivity index (χ4n) is 1.81. The van der Waals surface area contributed by atoms with E-state index in [1.165, 1.54) is 0 Å². The smallest absolute Gasteiger partial charge is 0.229 e. The fraction of sp³-hybridized carbons (Fsp3) is 0.500. The second kappa shape index (κ2) is 6.04. The quantitative estimate of drug-likeness (QED) is 0.600. The van der Waals surface area contributed by atoms with Gasteiger partial charge in [-0.15, -0.1) is 0 Å². The summed E-state index contributed by atoms with van der Waals surface area (Å²) in [6, 6.07) is 6.34. The molecule has 1 aromatic rings. The molecule has 1 aliphatic rings. The molecule has 1 aliphatic heterocycles. The molecule has 2 rings (SSSR count). The van der Waals surface area contributed by atoms with Crippen molar-refractivity contribution in [3.63, 3.8) is 0 Å². The molecule has 5 atom stereocenters. The maximum atomic E-state index is 9.77. The molecule has 7 heteroatoms. The second-order valence-corrected chi connectivity index (χ2v) is 4.71. The fourth-order valence-corrected chi connectivity index (χ4v) is 1.94. The minimum atomic E-state index is -1.46. The van der Waals surface area contributed by atoms with Gasteiger partial charge in [0.1, 0.15) is 30.2 Å². The third-order valence-corrected chi connectivity index (χ3v) is 3.17. The summed E-state index contributed by atoms with van der Waals surface area (Å²) in [6.07, 6.45) is -6.45. The highest BCUT2D eigenvalue weighted by atomic mass is 35.5. The van der Waals surface area contributed by atoms with Gasteiger partial charge in [0.25, 0.3) is 0 Å². The molecule has 0 radical (unpaired) electrons. The Labute approximate surface area is 114 Å². The summed E-state index contributed by atoms with van der Waals surface area (Å²) in [5, 5.41) is 38.5. The normalized spacial score (nSPS) is 35.1. The van der Waals surface area contributed by atoms with Crippen molar-refractivity contribution in [3.8, 4) is 5.75 Å². The first-order chi connectivity index (χ1) is 9.02. The minimum Gasteiger partial charge on any atom is -0.462 e. The molecule has 0 unspecified atom stereocenters. The van der Waals surface area contributed by atoms with Gasteiger partial charge in [-0.3, -0.25) is 0 Å². The van der Waals surface area contributed by atoms with Crippen LogP contribution in [0.3, 0.4) is 0 Å². The van der Waals surface area contributed by atoms with Gasteiger partial charge in [0.2, 0.25) is 6.29 Å². The van der Waals surface area contributed by atoms with E-state index in [-0.39, 0.29) is 0 Å². The summed E-state index contributed by atoms with van der Waals surface area (Å²) >= 11 is 5.73. The summed E-state index contributed by atoms with van der Waals surface area (Å²) in [7, 11) is 0. The van der Waals surface area contributed by atoms with E-state index in [1.54, 1.807) is 24.3 Å². The molecule has 1 saturated heterocycles. The highest BCUT2D eigenvalue weighted by Crippen LogP contribution is 2.24. The Morgan fingerprint density at radius 2 is 1.68 bits per heavy atom. The van der Waals surface area contributed by atoms with Crippen LogP contribution in [0.25, 0.3) is 0 Å². The lowest BCUT2D eigenvalue weighted by Gasteiger charge is -2.39. The molecule has 1 fully saturated rings. The summed E-state index contributed by atoms with van der Waals surface area (Å²) in [5.41, 5.74) is 0. The van der Waals surface area contributed by atoms with Crippen LogP contribution in [0.4, 0.5) is 0 Å². The lowest BCUT2D eigenvalue weighted by molar-refractivity contribution is -0.277. The van der Waals surface area contributed by atoms with E-state index in [4.69, 9.17) is 26.2 Å². The Morgan fingerprint density at radius 1 is 1.05 bits per heavy atom. The van der Waals surface area contributed by atoms with E-state index in [9.17, 15) is 15.3 Å². The standard InChI is InChI=1S/C12H15ClO6/c13-6-1-3-7(4-2-6)18-12-11(17)10(16)9(15)8(5-14)19-12/h1-4,8-12,14-17H,5H2/t8-,9+,10+,11-,12+/m1/s1. The highest BCUT2D eigenvalue weighted by molar-refractivity contribution is 6.30. The first-order valence-corrected chi connectivity index (χ1v) is 6.13. The van der Waals surface area contributed by atoms with E-state index in [1.807, 2.05) is 0 Å². The summed E-state index contributed by atoms with van der Waals surface area (Å²) in [5.74, 6) is 0.383. The van der Waals surface area contributed by atoms with Crippen LogP contribution in [-0.2, 0) is 4.74 Å². The number of aliphatic hydroxyl groups excluding tert-OH is 4. The predicted octanol–water partition coefficient (Wildman–Crippen LogP) is -0.481. The van der Waals surface area contributed by atoms with E-state index in [2.05, 4.69) is 0 Å². The Balaban J connectivity index is 2.08. The van der Waals surface area contributed by atoms with Gasteiger partial charge in [-0.1, -0.05) is 11.6 Å². The van der Waals surface area contributed by atoms with Crippen LogP contribution >= 0.6 is 11.6 Å². The molecule has 1 aromatic carbocycles. The number of halogens is 1. The minimum absolute atomic E-state index is 0.383. The molecule has 0 aromatic heterocycles. The Bertz CT molecular complexity index is 409. The van der Waals surface area contributed by atoms with Gasteiger partial charge in [-0.25, -0.2) is 0 Å². The zero-order valence-corrected chi connectivity index (χ0v) is 10.6. The number of aliphatic hydroxyl groups is 4. The number of hydrogen-bond donors (Lipinski definition) is 4. The van der Waals surface area contributed by atoms with Crippen LogP contribution in [-0.4, -0.2) is 57.7 Å². The number of rotatable bonds is 3. The van der Waals surface area contributed by atoms with Gasteiger partial charge in [-0.2, -0.15) is 0 Å². The second-order valence-electron chi connectivity index (χ2n) is 4.27. The largest absolute Gasteiger partial charge is 0.462 e. The number of ether oxygens (including phenoxy) is 2. The molecule has 0 aliphatic carbocycles. The SMILES string of the molecule is OC[C@H]1O[C@H](Oc2ccc(Cl)cc2)[C@H](O)[C@@H](O)[C@H]1O. The van der Waals surface area contributed by atoms with Crippen LogP contribution in [0.15, 0.2) is 24.3 Å². The van der Waals surface area contributed by atoms with Gasteiger partial charge in [0, 0.05) is 5.02 Å². The zero-order chi connectivity index (χ0) is 14.0. The predicted molar refractivity (Wildman–Crippen MR) is 65.8 cm³/mol. The summed E-state index contributed by atoms with van der Waals surface area (Å²) in [4.78, 5) is 0. The third-order valence-electron chi connectivity index (χ3n) is 2.91. The van der Waals surface area contributed by atoms with Crippen molar-refractivity contribution >= 4 is 11.6 Å². The lowest BCUT2D eigenvalue weighted by atomic mass is 9.99. The van der Waals surface area contributed by atoms with Crippen LogP contribution in [0.1, 0.15) is 0 Å². The van der Waals surface area contributed by atoms with Crippen molar-refractivity contribution in [2.75, 3.05) is 6.61 Å². The van der Waals surface area contributed by atoms with Gasteiger partial charge in [-0.05, 0) is 24.3 Å². The highest BCUT2D eigenvalue weighted by Gasteiger charge is 2.44. The first kappa shape index (κ1) is 14.5. The van der Waals surface area contributed by atoms with Gasteiger partial charge >= 0.3 is 0 Å². The van der Waals surface area contributed by atoms with E-state index >= 15 is 0 Å². The van der Waals surface area contributed by atoms with Crippen LogP contribution < -0.4 is 4.74 Å². The Kier molecular flexibility index (Phi) is 4.62. The Morgan fingerprint density at radius 3 is 2.26 bits per heavy atom. The molecule has 0 spiro atoms. The molecule has 1 heterocycles. The maximum absolute atomic E-state index is 9.77. The van der Waals surface area contributed by atoms with E-state index < -0.39 is 37.3 Å². The van der Waals surface area contributed by atoms with Crippen LogP contribution in [0.5, 0.6) is 5.75 Å². The molecular weight excluding hydrogens is 276 g/mol. The van der Waals surface area contributed by atoms with Crippen LogP contribution in [0, 0.1) is 0 Å². The average molecular weight is 291 g/mol. The first-order valence-electron chi connectivity index (χ1n) is 5.75. The van der Waals surface area contributed by atoms with Gasteiger partial charge < -0.3 is 29.9 Å². The zero-order valence-electron chi connectivity index (χ0n) is 9.89. The third kappa shape index (κ3) is 3.17. The molecule has 4 N–H and O–H groups in total. The van der Waals surface area contributed by atoms with E-state index in [0.717, 1.165) is 0 Å². The monoisotopic (exact) mass is 290 g/mol. The van der Waals surface area contributed by atoms with Gasteiger partial charge in [0.05, 0.1) is 6.61 Å². The maximum Gasteiger partial charge on any atom is 0.229 e. The van der Waals surface area contributed by atoms with Crippen molar-refractivity contribution in [2.45, 2.75) is 30.7 Å². The van der Waals surface area contributed by atoms with Crippen molar-refractivity contribution in [3.05, 3.63) is 29.3 Å². The van der Waals surface area contributed by atoms with Crippen LogP contribution in [0.2, 0.25) is 5.02 Å². The molecule has 0 amide bonds. The molecule has 6 nitrogen and oxygen atoms in total. The molecule has 106 valence electrons. The number of benzene rings is 1. The summed E-state index contributed by atoms with van der Waals surface area (Å²) in [6.45, 7) is -0.495. The molecule has 19 heavy (non-hydrogen) atoms. The Hall–Kier alpha value is -0.890. The topological polar surface area (TPSA) is 99.4 Å². The number of hydrogen-bond acceptors (Lipinski definition) is 6. The van der Waals surface area contributed by atoms with Crippen molar-refractivity contribution in [1.29, 1.82) is 0 Å². The molecule has 0 saturated carbocycles. The lowest BCUT2D eigenvalue weighted by Crippen LogP contribution is -2.60. The average Bonchev–Trinajstić information content (AvgIpc) is 2.42. The van der Waals surface area contributed by atoms with Gasteiger partial charge in [0.15, 0.2) is 0 Å². The van der Waals surface area contributed by atoms with Crippen molar-refractivity contribution in [1.82, 2.24) is 0 Å².